The first-order valence-electron chi connectivity index (χ1n) is 5.63. The maximum absolute atomic E-state index is 6.01. The molecule has 1 saturated carbocycles. The summed E-state index contributed by atoms with van der Waals surface area (Å²) in [4.78, 5) is 6.45. The summed E-state index contributed by atoms with van der Waals surface area (Å²) in [5, 5.41) is 4.05. The van der Waals surface area contributed by atoms with Crippen molar-refractivity contribution in [3.63, 3.8) is 0 Å². The van der Waals surface area contributed by atoms with Crippen LogP contribution in [0.15, 0.2) is 6.07 Å². The number of anilines is 2. The van der Waals surface area contributed by atoms with Crippen molar-refractivity contribution in [2.24, 2.45) is 0 Å². The van der Waals surface area contributed by atoms with E-state index < -0.39 is 0 Å². The Balaban J connectivity index is 1.87. The van der Waals surface area contributed by atoms with E-state index in [-0.39, 0.29) is 0 Å². The molecular formula is C11H16Cl2N4. The van der Waals surface area contributed by atoms with Crippen molar-refractivity contribution in [3.05, 3.63) is 16.1 Å². The minimum atomic E-state index is 0.300. The van der Waals surface area contributed by atoms with Crippen LogP contribution in [0.5, 0.6) is 0 Å². The molecule has 0 aliphatic heterocycles. The van der Waals surface area contributed by atoms with Crippen LogP contribution < -0.4 is 11.1 Å². The number of nitrogens with two attached hydrogens (primary N) is 1. The van der Waals surface area contributed by atoms with Gasteiger partial charge in [-0.05, 0) is 26.0 Å². The summed E-state index contributed by atoms with van der Waals surface area (Å²) >= 11 is 11.8. The molecule has 0 bridgehead atoms. The molecule has 3 N–H and O–H groups in total. The normalized spacial score (nSPS) is 15.3. The molecule has 1 aromatic rings. The average Bonchev–Trinajstić information content (AvgIpc) is 3.09. The third-order valence-corrected chi connectivity index (χ3v) is 3.47. The predicted octanol–water partition coefficient (Wildman–Crippen LogP) is 2.48. The van der Waals surface area contributed by atoms with Gasteiger partial charge in [-0.15, -0.1) is 0 Å². The van der Waals surface area contributed by atoms with Crippen LogP contribution in [0.3, 0.4) is 0 Å². The third kappa shape index (κ3) is 3.37. The number of aromatic nitrogens is 1. The SMILES string of the molecule is CN(CCNc1nc(N)c(Cl)cc1Cl)C1CC1. The fourth-order valence-corrected chi connectivity index (χ4v) is 2.08. The zero-order valence-corrected chi connectivity index (χ0v) is 11.2. The van der Waals surface area contributed by atoms with Gasteiger partial charge in [0.1, 0.15) is 11.6 Å². The highest BCUT2D eigenvalue weighted by Gasteiger charge is 2.25. The summed E-state index contributed by atoms with van der Waals surface area (Å²) in [6.07, 6.45) is 2.62. The summed E-state index contributed by atoms with van der Waals surface area (Å²) < 4.78 is 0. The smallest absolute Gasteiger partial charge is 0.147 e. The molecule has 17 heavy (non-hydrogen) atoms. The Labute approximate surface area is 111 Å². The number of nitrogen functional groups attached to an aromatic ring is 1. The standard InChI is InChI=1S/C11H16Cl2N4/c1-17(7-2-3-7)5-4-15-11-9(13)6-8(12)10(14)16-11/h6-7H,2-5H2,1H3,(H3,14,15,16). The molecule has 94 valence electrons. The van der Waals surface area contributed by atoms with Crippen molar-refractivity contribution in [2.45, 2.75) is 18.9 Å². The van der Waals surface area contributed by atoms with Gasteiger partial charge < -0.3 is 16.0 Å². The van der Waals surface area contributed by atoms with Gasteiger partial charge in [0.05, 0.1) is 10.0 Å². The van der Waals surface area contributed by atoms with E-state index in [0.717, 1.165) is 19.1 Å². The molecule has 0 amide bonds. The zero-order chi connectivity index (χ0) is 12.4. The molecule has 1 aliphatic carbocycles. The van der Waals surface area contributed by atoms with Crippen LogP contribution in [0.4, 0.5) is 11.6 Å². The predicted molar refractivity (Wildman–Crippen MR) is 72.8 cm³/mol. The number of pyridine rings is 1. The maximum atomic E-state index is 6.01. The fourth-order valence-electron chi connectivity index (χ4n) is 1.65. The quantitative estimate of drug-likeness (QED) is 0.866. The average molecular weight is 275 g/mol. The van der Waals surface area contributed by atoms with Crippen LogP contribution in [0.2, 0.25) is 10.0 Å². The molecule has 6 heteroatoms. The molecule has 0 saturated heterocycles. The number of nitrogens with one attached hydrogen (secondary N) is 1. The summed E-state index contributed by atoms with van der Waals surface area (Å²) in [7, 11) is 2.13. The van der Waals surface area contributed by atoms with Gasteiger partial charge in [-0.1, -0.05) is 23.2 Å². The number of halogens is 2. The monoisotopic (exact) mass is 274 g/mol. The van der Waals surface area contributed by atoms with Gasteiger partial charge in [-0.2, -0.15) is 0 Å². The minimum absolute atomic E-state index is 0.300. The van der Waals surface area contributed by atoms with Gasteiger partial charge in [-0.25, -0.2) is 4.98 Å². The maximum Gasteiger partial charge on any atom is 0.147 e. The summed E-state index contributed by atoms with van der Waals surface area (Å²) in [5.74, 6) is 0.895. The van der Waals surface area contributed by atoms with E-state index in [2.05, 4.69) is 22.2 Å². The molecule has 1 fully saturated rings. The number of nitrogens with zero attached hydrogens (tertiary/aromatic N) is 2. The van der Waals surface area contributed by atoms with Crippen LogP contribution in [0.25, 0.3) is 0 Å². The Morgan fingerprint density at radius 2 is 2.18 bits per heavy atom. The highest BCUT2D eigenvalue weighted by molar-refractivity contribution is 6.37. The van der Waals surface area contributed by atoms with Crippen LogP contribution in [0.1, 0.15) is 12.8 Å². The Bertz CT molecular complexity index is 407. The lowest BCUT2D eigenvalue weighted by Gasteiger charge is -2.16. The van der Waals surface area contributed by atoms with Crippen LogP contribution in [-0.2, 0) is 0 Å². The molecule has 2 rings (SSSR count). The molecule has 0 atom stereocenters. The number of hydrogen-bond donors (Lipinski definition) is 2. The molecular weight excluding hydrogens is 259 g/mol. The van der Waals surface area contributed by atoms with Crippen molar-refractivity contribution >= 4 is 34.8 Å². The number of likely N-dealkylation sites (N-methyl/N-ethyl adjacent to an activating group) is 1. The highest BCUT2D eigenvalue weighted by Crippen LogP contribution is 2.27. The fraction of sp³-hybridized carbons (Fsp3) is 0.545. The van der Waals surface area contributed by atoms with Gasteiger partial charge in [0.2, 0.25) is 0 Å². The van der Waals surface area contributed by atoms with Crippen molar-refractivity contribution in [1.82, 2.24) is 9.88 Å². The van der Waals surface area contributed by atoms with E-state index in [9.17, 15) is 0 Å². The Morgan fingerprint density at radius 1 is 1.47 bits per heavy atom. The van der Waals surface area contributed by atoms with Crippen LogP contribution in [0, 0.1) is 0 Å². The molecule has 0 spiro atoms. The van der Waals surface area contributed by atoms with Gasteiger partial charge in [0, 0.05) is 19.1 Å². The van der Waals surface area contributed by atoms with E-state index in [1.807, 2.05) is 0 Å². The second-order valence-electron chi connectivity index (χ2n) is 4.32. The van der Waals surface area contributed by atoms with Crippen molar-refractivity contribution in [1.29, 1.82) is 0 Å². The van der Waals surface area contributed by atoms with Gasteiger partial charge >= 0.3 is 0 Å². The molecule has 0 aromatic carbocycles. The number of hydrogen-bond acceptors (Lipinski definition) is 4. The van der Waals surface area contributed by atoms with E-state index in [0.29, 0.717) is 21.7 Å². The zero-order valence-electron chi connectivity index (χ0n) is 9.71. The van der Waals surface area contributed by atoms with Gasteiger partial charge in [-0.3, -0.25) is 0 Å². The van der Waals surface area contributed by atoms with Gasteiger partial charge in [0.25, 0.3) is 0 Å². The Hall–Kier alpha value is -0.710. The molecule has 0 radical (unpaired) electrons. The summed E-state index contributed by atoms with van der Waals surface area (Å²) in [6, 6.07) is 2.37. The van der Waals surface area contributed by atoms with E-state index >= 15 is 0 Å². The third-order valence-electron chi connectivity index (χ3n) is 2.88. The second kappa shape index (κ2) is 5.29. The van der Waals surface area contributed by atoms with E-state index in [1.54, 1.807) is 6.07 Å². The van der Waals surface area contributed by atoms with E-state index in [1.165, 1.54) is 12.8 Å². The van der Waals surface area contributed by atoms with Crippen molar-refractivity contribution < 1.29 is 0 Å². The lowest BCUT2D eigenvalue weighted by atomic mass is 10.4. The van der Waals surface area contributed by atoms with E-state index in [4.69, 9.17) is 28.9 Å². The van der Waals surface area contributed by atoms with Crippen molar-refractivity contribution in [3.8, 4) is 0 Å². The topological polar surface area (TPSA) is 54.2 Å². The summed E-state index contributed by atoms with van der Waals surface area (Å²) in [5.41, 5.74) is 5.63. The first-order valence-corrected chi connectivity index (χ1v) is 6.39. The first-order chi connectivity index (χ1) is 8.08. The Morgan fingerprint density at radius 3 is 2.82 bits per heavy atom. The highest BCUT2D eigenvalue weighted by atomic mass is 35.5. The van der Waals surface area contributed by atoms with Crippen LogP contribution >= 0.6 is 23.2 Å². The molecule has 4 nitrogen and oxygen atoms in total. The first kappa shape index (κ1) is 12.7. The van der Waals surface area contributed by atoms with Gasteiger partial charge in [0.15, 0.2) is 0 Å². The lowest BCUT2D eigenvalue weighted by molar-refractivity contribution is 0.337. The largest absolute Gasteiger partial charge is 0.382 e. The van der Waals surface area contributed by atoms with Crippen LogP contribution in [-0.4, -0.2) is 36.1 Å². The molecule has 0 unspecified atom stereocenters. The number of rotatable bonds is 5. The summed E-state index contributed by atoms with van der Waals surface area (Å²) in [6.45, 7) is 1.76. The molecule has 1 aliphatic rings. The Kier molecular flexibility index (Phi) is 3.97. The second-order valence-corrected chi connectivity index (χ2v) is 5.14. The minimum Gasteiger partial charge on any atom is -0.382 e. The lowest BCUT2D eigenvalue weighted by Crippen LogP contribution is -2.27. The van der Waals surface area contributed by atoms with Crippen molar-refractivity contribution in [2.75, 3.05) is 31.2 Å². The molecule has 1 aromatic heterocycles. The molecule has 1 heterocycles.